The molecular weight excluding hydrogens is 251 g/mol. The number of hydrogen-bond acceptors (Lipinski definition) is 4. The Morgan fingerprint density at radius 1 is 1.32 bits per heavy atom. The maximum atomic E-state index is 13.6. The first-order chi connectivity index (χ1) is 9.16. The Balaban J connectivity index is 2.17. The minimum absolute atomic E-state index is 0.365. The highest BCUT2D eigenvalue weighted by Gasteiger charge is 2.13. The van der Waals surface area contributed by atoms with E-state index < -0.39 is 11.8 Å². The summed E-state index contributed by atoms with van der Waals surface area (Å²) in [5, 5.41) is 16.5. The Kier molecular flexibility index (Phi) is 2.45. The second-order valence-corrected chi connectivity index (χ2v) is 3.82. The second kappa shape index (κ2) is 4.13. The molecule has 0 bridgehead atoms. The number of fused-ring (bicyclic) bond motifs is 1. The van der Waals surface area contributed by atoms with E-state index in [-0.39, 0.29) is 5.56 Å². The van der Waals surface area contributed by atoms with Crippen molar-refractivity contribution in [2.75, 3.05) is 0 Å². The smallest absolute Gasteiger partial charge is 0.338 e. The molecule has 0 aliphatic carbocycles. The van der Waals surface area contributed by atoms with Crippen LogP contribution in [0, 0.1) is 5.82 Å². The van der Waals surface area contributed by atoms with Crippen molar-refractivity contribution in [2.24, 2.45) is 0 Å². The normalized spacial score (nSPS) is 10.8. The number of pyridine rings is 1. The maximum absolute atomic E-state index is 13.6. The molecule has 0 atom stereocenters. The molecule has 3 aromatic rings. The van der Waals surface area contributed by atoms with Crippen molar-refractivity contribution in [1.29, 1.82) is 0 Å². The van der Waals surface area contributed by atoms with Crippen LogP contribution in [0.1, 0.15) is 10.4 Å². The van der Waals surface area contributed by atoms with Crippen LogP contribution < -0.4 is 0 Å². The third-order valence-electron chi connectivity index (χ3n) is 2.64. The highest BCUT2D eigenvalue weighted by molar-refractivity contribution is 5.88. The highest BCUT2D eigenvalue weighted by Crippen LogP contribution is 2.17. The molecule has 1 aromatic carbocycles. The predicted molar refractivity (Wildman–Crippen MR) is 63.6 cm³/mol. The fourth-order valence-electron chi connectivity index (χ4n) is 1.75. The van der Waals surface area contributed by atoms with Gasteiger partial charge in [0.25, 0.3) is 0 Å². The SMILES string of the molecule is O=C(O)c1ccc(-n2nnc3cccnc32)cc1F. The summed E-state index contributed by atoms with van der Waals surface area (Å²) in [7, 11) is 0. The Labute approximate surface area is 106 Å². The fraction of sp³-hybridized carbons (Fsp3) is 0. The molecule has 0 aliphatic rings. The first kappa shape index (κ1) is 11.3. The molecule has 6 nitrogen and oxygen atoms in total. The van der Waals surface area contributed by atoms with Gasteiger partial charge in [-0.3, -0.25) is 0 Å². The van der Waals surface area contributed by atoms with Crippen molar-refractivity contribution in [3.05, 3.63) is 47.9 Å². The summed E-state index contributed by atoms with van der Waals surface area (Å²) in [6.45, 7) is 0. The van der Waals surface area contributed by atoms with Crippen LogP contribution in [0.15, 0.2) is 36.5 Å². The van der Waals surface area contributed by atoms with Gasteiger partial charge >= 0.3 is 5.97 Å². The molecular formula is C12H7FN4O2. The largest absolute Gasteiger partial charge is 0.478 e. The molecule has 94 valence electrons. The number of carboxylic acid groups (broad SMARTS) is 1. The number of carboxylic acids is 1. The van der Waals surface area contributed by atoms with Crippen molar-refractivity contribution >= 4 is 17.1 Å². The van der Waals surface area contributed by atoms with Gasteiger partial charge in [0.2, 0.25) is 0 Å². The number of aromatic nitrogens is 4. The lowest BCUT2D eigenvalue weighted by Crippen LogP contribution is -2.04. The Bertz CT molecular complexity index is 784. The van der Waals surface area contributed by atoms with Crippen LogP contribution in [0.2, 0.25) is 0 Å². The van der Waals surface area contributed by atoms with Crippen LogP contribution in [-0.4, -0.2) is 31.1 Å². The van der Waals surface area contributed by atoms with Crippen LogP contribution >= 0.6 is 0 Å². The minimum Gasteiger partial charge on any atom is -0.478 e. The van der Waals surface area contributed by atoms with Gasteiger partial charge in [0, 0.05) is 12.3 Å². The summed E-state index contributed by atoms with van der Waals surface area (Å²) in [6, 6.07) is 7.17. The standard InChI is InChI=1S/C12H7FN4O2/c13-9-6-7(3-4-8(9)12(18)19)17-11-10(15-16-17)2-1-5-14-11/h1-6H,(H,18,19). The van der Waals surface area contributed by atoms with Crippen molar-refractivity contribution in [3.63, 3.8) is 0 Å². The van der Waals surface area contributed by atoms with Gasteiger partial charge in [-0.1, -0.05) is 5.21 Å². The fourth-order valence-corrected chi connectivity index (χ4v) is 1.75. The van der Waals surface area contributed by atoms with Crippen LogP contribution in [0.25, 0.3) is 16.9 Å². The van der Waals surface area contributed by atoms with Gasteiger partial charge < -0.3 is 5.11 Å². The van der Waals surface area contributed by atoms with E-state index in [1.807, 2.05) is 0 Å². The molecule has 0 fully saturated rings. The molecule has 19 heavy (non-hydrogen) atoms. The highest BCUT2D eigenvalue weighted by atomic mass is 19.1. The van der Waals surface area contributed by atoms with Gasteiger partial charge in [0.15, 0.2) is 5.65 Å². The van der Waals surface area contributed by atoms with Crippen molar-refractivity contribution < 1.29 is 14.3 Å². The van der Waals surface area contributed by atoms with E-state index in [1.54, 1.807) is 18.3 Å². The van der Waals surface area contributed by atoms with E-state index in [9.17, 15) is 9.18 Å². The number of carbonyl (C=O) groups is 1. The zero-order valence-electron chi connectivity index (χ0n) is 9.49. The first-order valence-corrected chi connectivity index (χ1v) is 5.36. The van der Waals surface area contributed by atoms with Gasteiger partial charge in [-0.25, -0.2) is 14.2 Å². The van der Waals surface area contributed by atoms with Crippen molar-refractivity contribution in [2.45, 2.75) is 0 Å². The first-order valence-electron chi connectivity index (χ1n) is 5.36. The molecule has 3 rings (SSSR count). The van der Waals surface area contributed by atoms with Crippen LogP contribution in [0.4, 0.5) is 4.39 Å². The average molecular weight is 258 g/mol. The number of hydrogen-bond donors (Lipinski definition) is 1. The summed E-state index contributed by atoms with van der Waals surface area (Å²) in [5.74, 6) is -2.14. The molecule has 2 aromatic heterocycles. The summed E-state index contributed by atoms with van der Waals surface area (Å²) in [6.07, 6.45) is 1.57. The number of halogens is 1. The second-order valence-electron chi connectivity index (χ2n) is 3.82. The van der Waals surface area contributed by atoms with E-state index in [0.717, 1.165) is 6.07 Å². The molecule has 0 spiro atoms. The summed E-state index contributed by atoms with van der Waals surface area (Å²) in [4.78, 5) is 14.8. The predicted octanol–water partition coefficient (Wildman–Crippen LogP) is 1.65. The maximum Gasteiger partial charge on any atom is 0.338 e. The number of benzene rings is 1. The average Bonchev–Trinajstić information content (AvgIpc) is 2.82. The van der Waals surface area contributed by atoms with E-state index in [1.165, 1.54) is 16.8 Å². The van der Waals surface area contributed by atoms with Crippen LogP contribution in [-0.2, 0) is 0 Å². The zero-order chi connectivity index (χ0) is 13.4. The Morgan fingerprint density at radius 2 is 2.16 bits per heavy atom. The van der Waals surface area contributed by atoms with Crippen molar-refractivity contribution in [1.82, 2.24) is 20.0 Å². The van der Waals surface area contributed by atoms with Gasteiger partial charge in [-0.05, 0) is 24.3 Å². The van der Waals surface area contributed by atoms with E-state index in [2.05, 4.69) is 15.3 Å². The monoisotopic (exact) mass is 258 g/mol. The zero-order valence-corrected chi connectivity index (χ0v) is 9.49. The quantitative estimate of drug-likeness (QED) is 0.755. The van der Waals surface area contributed by atoms with Gasteiger partial charge in [0.05, 0.1) is 11.3 Å². The summed E-state index contributed by atoms with van der Waals surface area (Å²) in [5.41, 5.74) is 1.03. The lowest BCUT2D eigenvalue weighted by atomic mass is 10.2. The van der Waals surface area contributed by atoms with Crippen LogP contribution in [0.5, 0.6) is 0 Å². The topological polar surface area (TPSA) is 80.9 Å². The van der Waals surface area contributed by atoms with Crippen LogP contribution in [0.3, 0.4) is 0 Å². The number of rotatable bonds is 2. The molecule has 0 saturated carbocycles. The molecule has 0 saturated heterocycles. The molecule has 0 amide bonds. The van der Waals surface area contributed by atoms with Gasteiger partial charge in [-0.15, -0.1) is 5.10 Å². The third-order valence-corrected chi connectivity index (χ3v) is 2.64. The van der Waals surface area contributed by atoms with E-state index in [4.69, 9.17) is 5.11 Å². The van der Waals surface area contributed by atoms with Crippen molar-refractivity contribution in [3.8, 4) is 5.69 Å². The molecule has 2 heterocycles. The lowest BCUT2D eigenvalue weighted by Gasteiger charge is -2.03. The van der Waals surface area contributed by atoms with Gasteiger partial charge in [-0.2, -0.15) is 4.68 Å². The van der Waals surface area contributed by atoms with E-state index >= 15 is 0 Å². The van der Waals surface area contributed by atoms with E-state index in [0.29, 0.717) is 16.9 Å². The summed E-state index contributed by atoms with van der Waals surface area (Å²) < 4.78 is 15.0. The molecule has 1 N–H and O–H groups in total. The molecule has 0 unspecified atom stereocenters. The molecule has 0 radical (unpaired) electrons. The Morgan fingerprint density at radius 3 is 2.89 bits per heavy atom. The minimum atomic E-state index is -1.31. The van der Waals surface area contributed by atoms with Gasteiger partial charge in [0.1, 0.15) is 11.3 Å². The Hall–Kier alpha value is -2.83. The molecule has 7 heteroatoms. The lowest BCUT2D eigenvalue weighted by molar-refractivity contribution is 0.0692. The summed E-state index contributed by atoms with van der Waals surface area (Å²) >= 11 is 0. The number of aromatic carboxylic acids is 1. The third kappa shape index (κ3) is 1.81. The number of nitrogens with zero attached hydrogens (tertiary/aromatic N) is 4. The molecule has 0 aliphatic heterocycles.